The molecule has 0 spiro atoms. The van der Waals surface area contributed by atoms with Crippen LogP contribution < -0.4 is 0 Å². The van der Waals surface area contributed by atoms with Crippen LogP contribution in [-0.4, -0.2) is 10.1 Å². The zero-order chi connectivity index (χ0) is 14.9. The Labute approximate surface area is 124 Å². The Kier molecular flexibility index (Phi) is 3.50. The maximum Gasteiger partial charge on any atom is 0.257 e. The monoisotopic (exact) mass is 281 g/mol. The van der Waals surface area contributed by atoms with Crippen LogP contribution in [0.2, 0.25) is 0 Å². The Balaban J connectivity index is 1.76. The predicted octanol–water partition coefficient (Wildman–Crippen LogP) is 4.29. The molecule has 1 aliphatic rings. The van der Waals surface area contributed by atoms with Crippen LogP contribution in [0.15, 0.2) is 28.8 Å². The quantitative estimate of drug-likeness (QED) is 0.823. The minimum atomic E-state index is 0.411. The number of aromatic nitrogens is 2. The van der Waals surface area contributed by atoms with Crippen molar-refractivity contribution in [2.24, 2.45) is 5.41 Å². The molecule has 0 bridgehead atoms. The molecule has 1 aromatic carbocycles. The van der Waals surface area contributed by atoms with Gasteiger partial charge in [0.2, 0.25) is 0 Å². The van der Waals surface area contributed by atoms with Crippen molar-refractivity contribution >= 4 is 0 Å². The molecule has 108 valence electrons. The summed E-state index contributed by atoms with van der Waals surface area (Å²) in [7, 11) is 0. The van der Waals surface area contributed by atoms with Gasteiger partial charge in [0.25, 0.3) is 5.89 Å². The normalized spacial score (nSPS) is 18.3. The summed E-state index contributed by atoms with van der Waals surface area (Å²) in [6.45, 7) is 4.64. The van der Waals surface area contributed by atoms with Crippen LogP contribution in [0.3, 0.4) is 0 Å². The van der Waals surface area contributed by atoms with Gasteiger partial charge in [0.05, 0.1) is 11.6 Å². The molecule has 1 fully saturated rings. The van der Waals surface area contributed by atoms with Gasteiger partial charge in [-0.1, -0.05) is 19.0 Å². The van der Waals surface area contributed by atoms with Crippen LogP contribution in [-0.2, 0) is 0 Å². The van der Waals surface area contributed by atoms with Gasteiger partial charge in [-0.15, -0.1) is 0 Å². The van der Waals surface area contributed by atoms with E-state index < -0.39 is 0 Å². The Morgan fingerprint density at radius 1 is 1.19 bits per heavy atom. The average molecular weight is 281 g/mol. The molecule has 3 rings (SSSR count). The van der Waals surface area contributed by atoms with Crippen LogP contribution in [0, 0.1) is 16.7 Å². The fraction of sp³-hybridized carbons (Fsp3) is 0.471. The summed E-state index contributed by atoms with van der Waals surface area (Å²) in [5, 5.41) is 13.0. The fourth-order valence-electron chi connectivity index (χ4n) is 2.86. The first-order valence-electron chi connectivity index (χ1n) is 7.41. The minimum Gasteiger partial charge on any atom is -0.334 e. The van der Waals surface area contributed by atoms with E-state index in [4.69, 9.17) is 9.78 Å². The molecule has 1 saturated carbocycles. The highest BCUT2D eigenvalue weighted by Gasteiger charge is 2.30. The summed E-state index contributed by atoms with van der Waals surface area (Å²) in [6.07, 6.45) is 4.66. The highest BCUT2D eigenvalue weighted by molar-refractivity contribution is 5.54. The smallest absolute Gasteiger partial charge is 0.257 e. The molecule has 0 saturated heterocycles. The lowest BCUT2D eigenvalue weighted by atomic mass is 9.73. The van der Waals surface area contributed by atoms with Gasteiger partial charge < -0.3 is 4.52 Å². The number of hydrogen-bond acceptors (Lipinski definition) is 4. The van der Waals surface area contributed by atoms with Crippen molar-refractivity contribution in [1.29, 1.82) is 5.26 Å². The molecule has 1 aromatic heterocycles. The third kappa shape index (κ3) is 2.97. The van der Waals surface area contributed by atoms with Crippen molar-refractivity contribution in [3.05, 3.63) is 35.7 Å². The summed E-state index contributed by atoms with van der Waals surface area (Å²) in [6, 6.07) is 9.33. The third-order valence-electron chi connectivity index (χ3n) is 4.41. The molecule has 21 heavy (non-hydrogen) atoms. The van der Waals surface area contributed by atoms with Gasteiger partial charge in [-0.2, -0.15) is 10.2 Å². The van der Waals surface area contributed by atoms with Crippen LogP contribution in [0.5, 0.6) is 0 Å². The zero-order valence-electron chi connectivity index (χ0n) is 12.5. The summed E-state index contributed by atoms with van der Waals surface area (Å²) >= 11 is 0. The van der Waals surface area contributed by atoms with E-state index in [1.807, 2.05) is 12.1 Å². The van der Waals surface area contributed by atoms with E-state index in [2.05, 4.69) is 30.1 Å². The number of rotatable bonds is 2. The molecule has 4 nitrogen and oxygen atoms in total. The molecule has 1 heterocycles. The number of nitrogens with zero attached hydrogens (tertiary/aromatic N) is 3. The van der Waals surface area contributed by atoms with E-state index in [0.717, 1.165) is 24.2 Å². The molecule has 4 heteroatoms. The fourth-order valence-corrected chi connectivity index (χ4v) is 2.86. The van der Waals surface area contributed by atoms with Crippen LogP contribution in [0.4, 0.5) is 0 Å². The van der Waals surface area contributed by atoms with Crippen molar-refractivity contribution in [3.63, 3.8) is 0 Å². The van der Waals surface area contributed by atoms with Gasteiger partial charge in [0.1, 0.15) is 0 Å². The number of nitriles is 1. The lowest BCUT2D eigenvalue weighted by Crippen LogP contribution is -2.20. The van der Waals surface area contributed by atoms with Crippen molar-refractivity contribution in [2.45, 2.75) is 45.4 Å². The number of hydrogen-bond donors (Lipinski definition) is 0. The summed E-state index contributed by atoms with van der Waals surface area (Å²) in [4.78, 5) is 4.55. The highest BCUT2D eigenvalue weighted by Crippen LogP contribution is 2.41. The summed E-state index contributed by atoms with van der Waals surface area (Å²) < 4.78 is 5.39. The van der Waals surface area contributed by atoms with E-state index in [0.29, 0.717) is 22.8 Å². The Hall–Kier alpha value is -2.15. The van der Waals surface area contributed by atoms with Gasteiger partial charge >= 0.3 is 0 Å². The van der Waals surface area contributed by atoms with E-state index in [-0.39, 0.29) is 0 Å². The van der Waals surface area contributed by atoms with Crippen molar-refractivity contribution in [2.75, 3.05) is 0 Å². The van der Waals surface area contributed by atoms with Gasteiger partial charge in [0.15, 0.2) is 5.82 Å². The first kappa shape index (κ1) is 13.8. The maximum absolute atomic E-state index is 8.81. The highest BCUT2D eigenvalue weighted by atomic mass is 16.5. The van der Waals surface area contributed by atoms with Gasteiger partial charge in [-0.25, -0.2) is 0 Å². The van der Waals surface area contributed by atoms with Gasteiger partial charge in [-0.05, 0) is 55.4 Å². The minimum absolute atomic E-state index is 0.411. The molecule has 0 aliphatic heterocycles. The van der Waals surface area contributed by atoms with E-state index >= 15 is 0 Å². The van der Waals surface area contributed by atoms with E-state index in [1.54, 1.807) is 12.1 Å². The molecule has 1 aliphatic carbocycles. The Bertz CT molecular complexity index is 654. The van der Waals surface area contributed by atoms with Crippen LogP contribution in [0.1, 0.15) is 56.8 Å². The molecule has 0 radical (unpaired) electrons. The van der Waals surface area contributed by atoms with Crippen molar-refractivity contribution in [3.8, 4) is 17.5 Å². The average Bonchev–Trinajstić information content (AvgIpc) is 2.97. The first-order chi connectivity index (χ1) is 10.1. The van der Waals surface area contributed by atoms with Gasteiger partial charge in [-0.3, -0.25) is 0 Å². The van der Waals surface area contributed by atoms with Crippen molar-refractivity contribution in [1.82, 2.24) is 10.1 Å². The van der Waals surface area contributed by atoms with E-state index in [1.165, 1.54) is 12.8 Å². The largest absolute Gasteiger partial charge is 0.334 e. The molecular weight excluding hydrogens is 262 g/mol. The first-order valence-corrected chi connectivity index (χ1v) is 7.41. The molecular formula is C17H19N3O. The summed E-state index contributed by atoms with van der Waals surface area (Å²) in [5.74, 6) is 1.78. The van der Waals surface area contributed by atoms with Crippen molar-refractivity contribution < 1.29 is 4.52 Å². The molecule has 0 amide bonds. The lowest BCUT2D eigenvalue weighted by molar-refractivity contribution is 0.218. The standard InChI is InChI=1S/C17H19N3O/c1-17(2)9-7-13(8-10-17)15-19-16(21-20-15)14-5-3-12(11-18)4-6-14/h3-6,13H,7-10H2,1-2H3. The molecule has 2 aromatic rings. The predicted molar refractivity (Wildman–Crippen MR) is 79.4 cm³/mol. The third-order valence-corrected chi connectivity index (χ3v) is 4.41. The lowest BCUT2D eigenvalue weighted by Gasteiger charge is -2.32. The van der Waals surface area contributed by atoms with Gasteiger partial charge in [0, 0.05) is 11.5 Å². The molecule has 0 unspecified atom stereocenters. The second kappa shape index (κ2) is 5.33. The van der Waals surface area contributed by atoms with Crippen LogP contribution in [0.25, 0.3) is 11.5 Å². The topological polar surface area (TPSA) is 62.7 Å². The second-order valence-corrected chi connectivity index (χ2v) is 6.59. The molecule has 0 N–H and O–H groups in total. The Morgan fingerprint density at radius 3 is 2.48 bits per heavy atom. The number of benzene rings is 1. The van der Waals surface area contributed by atoms with E-state index in [9.17, 15) is 0 Å². The molecule has 0 atom stereocenters. The maximum atomic E-state index is 8.81. The summed E-state index contributed by atoms with van der Waals surface area (Å²) in [5.41, 5.74) is 1.94. The SMILES string of the molecule is CC1(C)CCC(c2noc(-c3ccc(C#N)cc3)n2)CC1. The Morgan fingerprint density at radius 2 is 1.86 bits per heavy atom. The van der Waals surface area contributed by atoms with Crippen LogP contribution >= 0.6 is 0 Å². The zero-order valence-corrected chi connectivity index (χ0v) is 12.5. The second-order valence-electron chi connectivity index (χ2n) is 6.59.